The number of rotatable bonds is 5. The topological polar surface area (TPSA) is 79.2 Å². The van der Waals surface area contributed by atoms with Gasteiger partial charge in [0.15, 0.2) is 5.82 Å². The van der Waals surface area contributed by atoms with Gasteiger partial charge in [-0.2, -0.15) is 5.10 Å². The summed E-state index contributed by atoms with van der Waals surface area (Å²) in [4.78, 5) is 12.2. The van der Waals surface area contributed by atoms with Crippen molar-refractivity contribution in [3.8, 4) is 0 Å². The van der Waals surface area contributed by atoms with E-state index in [0.29, 0.717) is 12.4 Å². The highest BCUT2D eigenvalue weighted by atomic mass is 16.3. The van der Waals surface area contributed by atoms with Crippen LogP contribution in [-0.2, 0) is 6.54 Å². The minimum absolute atomic E-state index is 0.00564. The van der Waals surface area contributed by atoms with Crippen molar-refractivity contribution in [2.75, 3.05) is 11.9 Å². The third-order valence-corrected chi connectivity index (χ3v) is 4.82. The normalized spacial score (nSPS) is 23.2. The summed E-state index contributed by atoms with van der Waals surface area (Å²) < 4.78 is 1.79. The predicted molar refractivity (Wildman–Crippen MR) is 92.8 cm³/mol. The smallest absolute Gasteiger partial charge is 0.320 e. The van der Waals surface area contributed by atoms with Crippen molar-refractivity contribution >= 4 is 11.8 Å². The second kappa shape index (κ2) is 7.05. The Morgan fingerprint density at radius 2 is 2.17 bits per heavy atom. The van der Waals surface area contributed by atoms with Crippen molar-refractivity contribution in [1.82, 2.24) is 15.1 Å². The number of carbonyl (C=O) groups excluding carboxylic acids is 1. The molecule has 2 amide bonds. The summed E-state index contributed by atoms with van der Waals surface area (Å²) in [5, 5.41) is 19.7. The first kappa shape index (κ1) is 16.5. The number of hydrogen-bond donors (Lipinski definition) is 3. The summed E-state index contributed by atoms with van der Waals surface area (Å²) in [6, 6.07) is 11.5. The highest BCUT2D eigenvalue weighted by molar-refractivity contribution is 5.88. The maximum Gasteiger partial charge on any atom is 0.320 e. The van der Waals surface area contributed by atoms with Crippen LogP contribution in [0.5, 0.6) is 0 Å². The molecule has 2 aromatic rings. The van der Waals surface area contributed by atoms with Gasteiger partial charge in [0.25, 0.3) is 0 Å². The molecule has 1 aromatic carbocycles. The molecule has 3 N–H and O–H groups in total. The van der Waals surface area contributed by atoms with Gasteiger partial charge in [0.2, 0.25) is 0 Å². The molecule has 0 bridgehead atoms. The fourth-order valence-electron chi connectivity index (χ4n) is 3.27. The van der Waals surface area contributed by atoms with Crippen molar-refractivity contribution < 1.29 is 9.90 Å². The number of aliphatic hydroxyl groups is 1. The number of nitrogens with one attached hydrogen (secondary N) is 2. The maximum absolute atomic E-state index is 12.2. The summed E-state index contributed by atoms with van der Waals surface area (Å²) in [6.45, 7) is 2.76. The molecule has 6 heteroatoms. The number of amides is 2. The van der Waals surface area contributed by atoms with Crippen LogP contribution in [0.2, 0.25) is 0 Å². The molecule has 24 heavy (non-hydrogen) atoms. The van der Waals surface area contributed by atoms with Crippen LogP contribution in [0.3, 0.4) is 0 Å². The van der Waals surface area contributed by atoms with Crippen molar-refractivity contribution in [2.24, 2.45) is 5.41 Å². The molecule has 6 nitrogen and oxygen atoms in total. The Bertz CT molecular complexity index is 685. The zero-order valence-corrected chi connectivity index (χ0v) is 13.9. The minimum Gasteiger partial charge on any atom is -0.396 e. The molecule has 1 saturated carbocycles. The molecule has 1 fully saturated rings. The zero-order valence-electron chi connectivity index (χ0n) is 13.9. The Balaban J connectivity index is 1.55. The molecular formula is C18H24N4O2. The van der Waals surface area contributed by atoms with Crippen molar-refractivity contribution in [3.05, 3.63) is 48.2 Å². The van der Waals surface area contributed by atoms with E-state index in [0.717, 1.165) is 24.8 Å². The quantitative estimate of drug-likeness (QED) is 0.789. The summed E-state index contributed by atoms with van der Waals surface area (Å²) >= 11 is 0. The lowest BCUT2D eigenvalue weighted by Crippen LogP contribution is -2.46. The van der Waals surface area contributed by atoms with Crippen LogP contribution < -0.4 is 10.6 Å². The van der Waals surface area contributed by atoms with Crippen molar-refractivity contribution in [2.45, 2.75) is 38.8 Å². The Hall–Kier alpha value is -2.34. The predicted octanol–water partition coefficient (Wildman–Crippen LogP) is 2.60. The Morgan fingerprint density at radius 3 is 2.92 bits per heavy atom. The molecule has 1 aliphatic carbocycles. The molecule has 1 aliphatic rings. The molecule has 0 spiro atoms. The van der Waals surface area contributed by atoms with Gasteiger partial charge in [-0.15, -0.1) is 0 Å². The highest BCUT2D eigenvalue weighted by Gasteiger charge is 2.39. The van der Waals surface area contributed by atoms with E-state index in [9.17, 15) is 9.90 Å². The van der Waals surface area contributed by atoms with Gasteiger partial charge in [0.1, 0.15) is 0 Å². The van der Waals surface area contributed by atoms with E-state index in [1.807, 2.05) is 43.5 Å². The van der Waals surface area contributed by atoms with Gasteiger partial charge in [-0.1, -0.05) is 43.7 Å². The van der Waals surface area contributed by atoms with Gasteiger partial charge >= 0.3 is 6.03 Å². The molecule has 1 aromatic heterocycles. The van der Waals surface area contributed by atoms with Crippen LogP contribution in [0.25, 0.3) is 0 Å². The van der Waals surface area contributed by atoms with E-state index in [4.69, 9.17) is 0 Å². The molecule has 0 radical (unpaired) electrons. The SMILES string of the molecule is CC1(CO)CCCC1NC(=O)Nc1ccn(Cc2ccccc2)n1. The molecule has 128 valence electrons. The van der Waals surface area contributed by atoms with Gasteiger partial charge in [-0.25, -0.2) is 4.79 Å². The summed E-state index contributed by atoms with van der Waals surface area (Å²) in [6.07, 6.45) is 4.69. The second-order valence-corrected chi connectivity index (χ2v) is 6.74. The van der Waals surface area contributed by atoms with Gasteiger partial charge < -0.3 is 10.4 Å². The van der Waals surface area contributed by atoms with Crippen LogP contribution in [0, 0.1) is 5.41 Å². The first-order valence-corrected chi connectivity index (χ1v) is 8.35. The number of nitrogens with zero attached hydrogens (tertiary/aromatic N) is 2. The van der Waals surface area contributed by atoms with Crippen LogP contribution in [0.4, 0.5) is 10.6 Å². The zero-order chi connectivity index (χ0) is 17.0. The minimum atomic E-state index is -0.272. The van der Waals surface area contributed by atoms with Crippen molar-refractivity contribution in [1.29, 1.82) is 0 Å². The molecule has 2 atom stereocenters. The fourth-order valence-corrected chi connectivity index (χ4v) is 3.27. The fraction of sp³-hybridized carbons (Fsp3) is 0.444. The van der Waals surface area contributed by atoms with Gasteiger partial charge in [-0.05, 0) is 18.4 Å². The molecular weight excluding hydrogens is 304 g/mol. The number of aliphatic hydroxyl groups excluding tert-OH is 1. The summed E-state index contributed by atoms with van der Waals surface area (Å²) in [7, 11) is 0. The molecule has 3 rings (SSSR count). The van der Waals surface area contributed by atoms with E-state index in [1.165, 1.54) is 0 Å². The molecule has 0 saturated heterocycles. The summed E-state index contributed by atoms with van der Waals surface area (Å²) in [5.41, 5.74) is 0.922. The first-order chi connectivity index (χ1) is 11.6. The Labute approximate surface area is 141 Å². The van der Waals surface area contributed by atoms with E-state index in [2.05, 4.69) is 15.7 Å². The largest absolute Gasteiger partial charge is 0.396 e. The number of aromatic nitrogens is 2. The van der Waals surface area contributed by atoms with Gasteiger partial charge in [-0.3, -0.25) is 10.00 Å². The average molecular weight is 328 g/mol. The van der Waals surface area contributed by atoms with Crippen molar-refractivity contribution in [3.63, 3.8) is 0 Å². The monoisotopic (exact) mass is 328 g/mol. The summed E-state index contributed by atoms with van der Waals surface area (Å²) in [5.74, 6) is 0.520. The standard InChI is InChI=1S/C18H24N4O2/c1-18(13-23)10-5-8-15(18)19-17(24)20-16-9-11-22(21-16)12-14-6-3-2-4-7-14/h2-4,6-7,9,11,15,23H,5,8,10,12-13H2,1H3,(H2,19,20,21,24). The second-order valence-electron chi connectivity index (χ2n) is 6.74. The van der Waals surface area contributed by atoms with E-state index in [-0.39, 0.29) is 24.1 Å². The maximum atomic E-state index is 12.2. The van der Waals surface area contributed by atoms with Gasteiger partial charge in [0, 0.05) is 23.7 Å². The van der Waals surface area contributed by atoms with E-state index >= 15 is 0 Å². The van der Waals surface area contributed by atoms with E-state index < -0.39 is 0 Å². The molecule has 0 aliphatic heterocycles. The van der Waals surface area contributed by atoms with Gasteiger partial charge in [0.05, 0.1) is 13.2 Å². The van der Waals surface area contributed by atoms with Crippen LogP contribution in [0.15, 0.2) is 42.6 Å². The number of benzene rings is 1. The number of hydrogen-bond acceptors (Lipinski definition) is 3. The van der Waals surface area contributed by atoms with Crippen LogP contribution in [0.1, 0.15) is 31.7 Å². The van der Waals surface area contributed by atoms with Crippen LogP contribution >= 0.6 is 0 Å². The Kier molecular flexibility index (Phi) is 4.85. The lowest BCUT2D eigenvalue weighted by molar-refractivity contribution is 0.122. The lowest BCUT2D eigenvalue weighted by atomic mass is 9.86. The number of anilines is 1. The third-order valence-electron chi connectivity index (χ3n) is 4.82. The Morgan fingerprint density at radius 1 is 1.38 bits per heavy atom. The number of carbonyl (C=O) groups is 1. The average Bonchev–Trinajstić information content (AvgIpc) is 3.16. The molecule has 2 unspecified atom stereocenters. The molecule has 1 heterocycles. The van der Waals surface area contributed by atoms with Crippen LogP contribution in [-0.4, -0.2) is 33.6 Å². The number of urea groups is 1. The third kappa shape index (κ3) is 3.76. The lowest BCUT2D eigenvalue weighted by Gasteiger charge is -2.29. The first-order valence-electron chi connectivity index (χ1n) is 8.35. The van der Waals surface area contributed by atoms with E-state index in [1.54, 1.807) is 10.7 Å². The highest BCUT2D eigenvalue weighted by Crippen LogP contribution is 2.37.